The maximum absolute atomic E-state index is 11.4. The summed E-state index contributed by atoms with van der Waals surface area (Å²) in [6.45, 7) is 6.64. The number of aliphatic hydroxyl groups is 1. The molecule has 1 atom stereocenters. The number of ether oxygens (including phenoxy) is 1. The number of benzene rings is 1. The van der Waals surface area contributed by atoms with Crippen LogP contribution in [-0.2, 0) is 11.3 Å². The minimum atomic E-state index is -0.372. The van der Waals surface area contributed by atoms with Crippen molar-refractivity contribution in [3.05, 3.63) is 29.8 Å². The number of nitrogens with zero attached hydrogens (tertiary/aromatic N) is 6. The highest BCUT2D eigenvalue weighted by Gasteiger charge is 2.28. The number of rotatable bonds is 7. The lowest BCUT2D eigenvalue weighted by atomic mass is 10.2. The van der Waals surface area contributed by atoms with Crippen LogP contribution in [0.3, 0.4) is 0 Å². The predicted molar refractivity (Wildman–Crippen MR) is 116 cm³/mol. The molecule has 0 amide bonds. The topological polar surface area (TPSA) is 118 Å². The number of esters is 1. The Hall–Kier alpha value is -3.27. The first-order chi connectivity index (χ1) is 15.0. The summed E-state index contributed by atoms with van der Waals surface area (Å²) < 4.78 is 7.08. The number of nitrogens with one attached hydrogen (secondary N) is 1. The van der Waals surface area contributed by atoms with Gasteiger partial charge >= 0.3 is 5.97 Å². The highest BCUT2D eigenvalue weighted by atomic mass is 16.5. The molecule has 0 bridgehead atoms. The molecule has 31 heavy (non-hydrogen) atoms. The van der Waals surface area contributed by atoms with Crippen LogP contribution in [0.5, 0.6) is 5.75 Å². The van der Waals surface area contributed by atoms with Gasteiger partial charge in [0.2, 0.25) is 5.95 Å². The maximum Gasteiger partial charge on any atom is 0.308 e. The number of anilines is 2. The largest absolute Gasteiger partial charge is 0.426 e. The second kappa shape index (κ2) is 8.84. The minimum Gasteiger partial charge on any atom is -0.426 e. The summed E-state index contributed by atoms with van der Waals surface area (Å²) >= 11 is 0. The Morgan fingerprint density at radius 3 is 2.87 bits per heavy atom. The quantitative estimate of drug-likeness (QED) is 0.434. The molecule has 2 N–H and O–H groups in total. The van der Waals surface area contributed by atoms with Gasteiger partial charge in [0.1, 0.15) is 5.75 Å². The van der Waals surface area contributed by atoms with Crippen LogP contribution < -0.4 is 15.0 Å². The van der Waals surface area contributed by atoms with E-state index < -0.39 is 0 Å². The Morgan fingerprint density at radius 2 is 2.13 bits per heavy atom. The number of hydrogen-bond acceptors (Lipinski definition) is 9. The monoisotopic (exact) mass is 425 g/mol. The number of aromatic nitrogens is 5. The zero-order valence-electron chi connectivity index (χ0n) is 17.9. The molecule has 1 aromatic carbocycles. The van der Waals surface area contributed by atoms with Gasteiger partial charge in [-0.1, -0.05) is 23.4 Å². The van der Waals surface area contributed by atoms with Gasteiger partial charge in [-0.2, -0.15) is 9.97 Å². The third-order valence-electron chi connectivity index (χ3n) is 5.32. The molecule has 4 rings (SSSR count). The van der Waals surface area contributed by atoms with E-state index in [1.54, 1.807) is 10.7 Å². The second-order valence-electron chi connectivity index (χ2n) is 7.90. The molecule has 0 aliphatic carbocycles. The number of aliphatic hydroxyl groups excluding tert-OH is 1. The van der Waals surface area contributed by atoms with Gasteiger partial charge in [-0.05, 0) is 32.8 Å². The number of carbonyl (C=O) groups excluding carboxylic acids is 1. The van der Waals surface area contributed by atoms with Crippen molar-refractivity contribution in [1.29, 1.82) is 0 Å². The summed E-state index contributed by atoms with van der Waals surface area (Å²) in [7, 11) is 0. The fourth-order valence-corrected chi connectivity index (χ4v) is 3.79. The van der Waals surface area contributed by atoms with E-state index in [1.165, 1.54) is 6.92 Å². The minimum absolute atomic E-state index is 0.00151. The fraction of sp³-hybridized carbons (Fsp3) is 0.476. The number of para-hydroxylation sites is 1. The SMILES string of the molecule is CC(=O)Oc1ccccc1CNc1nc(N2CCC[C@@H]2CO)nc2c1nnn2C(C)C. The van der Waals surface area contributed by atoms with Gasteiger partial charge in [0.15, 0.2) is 17.0 Å². The molecular weight excluding hydrogens is 398 g/mol. The van der Waals surface area contributed by atoms with E-state index in [9.17, 15) is 9.90 Å². The van der Waals surface area contributed by atoms with E-state index in [0.717, 1.165) is 24.9 Å². The zero-order valence-corrected chi connectivity index (χ0v) is 17.9. The van der Waals surface area contributed by atoms with Crippen LogP contribution in [0.1, 0.15) is 45.2 Å². The Kier molecular flexibility index (Phi) is 5.99. The molecular formula is C21H27N7O3. The van der Waals surface area contributed by atoms with Crippen LogP contribution in [0.15, 0.2) is 24.3 Å². The van der Waals surface area contributed by atoms with Crippen molar-refractivity contribution in [3.8, 4) is 5.75 Å². The Balaban J connectivity index is 1.71. The number of fused-ring (bicyclic) bond motifs is 1. The Labute approximate surface area is 180 Å². The summed E-state index contributed by atoms with van der Waals surface area (Å²) in [5.74, 6) is 1.22. The van der Waals surface area contributed by atoms with Gasteiger partial charge < -0.3 is 20.1 Å². The lowest BCUT2D eigenvalue weighted by Gasteiger charge is -2.23. The number of hydrogen-bond donors (Lipinski definition) is 2. The summed E-state index contributed by atoms with van der Waals surface area (Å²) in [6.07, 6.45) is 1.88. The van der Waals surface area contributed by atoms with E-state index in [2.05, 4.69) is 15.6 Å². The lowest BCUT2D eigenvalue weighted by Crippen LogP contribution is -2.33. The van der Waals surface area contributed by atoms with Crippen molar-refractivity contribution in [1.82, 2.24) is 25.0 Å². The molecule has 3 aromatic rings. The van der Waals surface area contributed by atoms with Crippen LogP contribution in [0.4, 0.5) is 11.8 Å². The third kappa shape index (κ3) is 4.29. The van der Waals surface area contributed by atoms with Crippen LogP contribution in [0, 0.1) is 0 Å². The van der Waals surface area contributed by atoms with E-state index in [-0.39, 0.29) is 24.7 Å². The van der Waals surface area contributed by atoms with E-state index in [0.29, 0.717) is 35.2 Å². The van der Waals surface area contributed by atoms with Crippen LogP contribution in [0.2, 0.25) is 0 Å². The standard InChI is InChI=1S/C21H27N7O3/c1-13(2)28-20-18(25-26-28)19(23-21(24-20)27-10-6-8-16(27)12-29)22-11-15-7-4-5-9-17(15)31-14(3)30/h4-5,7,9,13,16,29H,6,8,10-12H2,1-3H3,(H,22,23,24)/t16-/m1/s1. The molecule has 2 aromatic heterocycles. The van der Waals surface area contributed by atoms with Gasteiger partial charge in [-0.15, -0.1) is 5.10 Å². The van der Waals surface area contributed by atoms with Crippen molar-refractivity contribution < 1.29 is 14.6 Å². The average Bonchev–Trinajstić information content (AvgIpc) is 3.39. The fourth-order valence-electron chi connectivity index (χ4n) is 3.79. The molecule has 1 saturated heterocycles. The second-order valence-corrected chi connectivity index (χ2v) is 7.90. The Morgan fingerprint density at radius 1 is 1.32 bits per heavy atom. The molecule has 1 aliphatic rings. The molecule has 1 fully saturated rings. The van der Waals surface area contributed by atoms with Crippen LogP contribution in [0.25, 0.3) is 11.2 Å². The first kappa shape index (κ1) is 21.0. The Bertz CT molecular complexity index is 1080. The third-order valence-corrected chi connectivity index (χ3v) is 5.32. The van der Waals surface area contributed by atoms with Gasteiger partial charge in [-0.25, -0.2) is 4.68 Å². The summed E-state index contributed by atoms with van der Waals surface area (Å²) in [6, 6.07) is 7.42. The smallest absolute Gasteiger partial charge is 0.308 e. The molecule has 10 heteroatoms. The van der Waals surface area contributed by atoms with Crippen molar-refractivity contribution in [2.75, 3.05) is 23.4 Å². The molecule has 164 valence electrons. The summed E-state index contributed by atoms with van der Waals surface area (Å²) in [4.78, 5) is 22.9. The van der Waals surface area contributed by atoms with Crippen molar-refractivity contribution in [2.45, 2.75) is 52.2 Å². The van der Waals surface area contributed by atoms with Crippen molar-refractivity contribution in [3.63, 3.8) is 0 Å². The molecule has 10 nitrogen and oxygen atoms in total. The summed E-state index contributed by atoms with van der Waals surface area (Å²) in [5.41, 5.74) is 2.03. The normalized spacial score (nSPS) is 16.3. The highest BCUT2D eigenvalue weighted by Crippen LogP contribution is 2.29. The lowest BCUT2D eigenvalue weighted by molar-refractivity contribution is -0.131. The highest BCUT2D eigenvalue weighted by molar-refractivity contribution is 5.84. The van der Waals surface area contributed by atoms with Crippen LogP contribution >= 0.6 is 0 Å². The molecule has 3 heterocycles. The first-order valence-corrected chi connectivity index (χ1v) is 10.5. The molecule has 1 aliphatic heterocycles. The molecule has 0 spiro atoms. The summed E-state index contributed by atoms with van der Waals surface area (Å²) in [5, 5.41) is 21.6. The van der Waals surface area contributed by atoms with Crippen LogP contribution in [-0.4, -0.2) is 55.2 Å². The van der Waals surface area contributed by atoms with Crippen molar-refractivity contribution >= 4 is 28.9 Å². The zero-order chi connectivity index (χ0) is 22.0. The van der Waals surface area contributed by atoms with E-state index in [1.807, 2.05) is 36.9 Å². The first-order valence-electron chi connectivity index (χ1n) is 10.5. The van der Waals surface area contributed by atoms with Gasteiger partial charge in [0.25, 0.3) is 0 Å². The number of carbonyl (C=O) groups is 1. The molecule has 0 saturated carbocycles. The van der Waals surface area contributed by atoms with Gasteiger partial charge in [0.05, 0.1) is 18.7 Å². The van der Waals surface area contributed by atoms with Gasteiger partial charge in [-0.3, -0.25) is 4.79 Å². The van der Waals surface area contributed by atoms with Crippen molar-refractivity contribution in [2.24, 2.45) is 0 Å². The van der Waals surface area contributed by atoms with E-state index >= 15 is 0 Å². The molecule has 0 unspecified atom stereocenters. The van der Waals surface area contributed by atoms with Gasteiger partial charge in [0, 0.05) is 25.6 Å². The molecule has 0 radical (unpaired) electrons. The average molecular weight is 425 g/mol. The van der Waals surface area contributed by atoms with E-state index in [4.69, 9.17) is 14.7 Å². The maximum atomic E-state index is 11.4. The predicted octanol–water partition coefficient (Wildman–Crippen LogP) is 2.30.